The molecule has 0 aliphatic rings. The lowest BCUT2D eigenvalue weighted by molar-refractivity contribution is -0.105. The molecular formula is C11H16ClO6PS. The summed E-state index contributed by atoms with van der Waals surface area (Å²) in [4.78, 5) is -0.151. The first-order valence-corrected chi connectivity index (χ1v) is 9.46. The number of hydrogen-bond donors (Lipinski definition) is 0. The van der Waals surface area contributed by atoms with Crippen molar-refractivity contribution in [2.75, 3.05) is 12.8 Å². The van der Waals surface area contributed by atoms with Crippen LogP contribution in [-0.4, -0.2) is 21.2 Å². The zero-order chi connectivity index (χ0) is 15.2. The van der Waals surface area contributed by atoms with Gasteiger partial charge in [-0.05, 0) is 37.6 Å². The molecule has 1 rings (SSSR count). The zero-order valence-electron chi connectivity index (χ0n) is 11.1. The number of hydrogen-bond acceptors (Lipinski definition) is 6. The summed E-state index contributed by atoms with van der Waals surface area (Å²) >= 11 is 5.66. The Bertz CT molecular complexity index is 561. The second kappa shape index (κ2) is 7.54. The Balaban J connectivity index is 2.81. The van der Waals surface area contributed by atoms with E-state index in [2.05, 4.69) is 9.01 Å². The van der Waals surface area contributed by atoms with E-state index in [1.54, 1.807) is 13.8 Å². The second-order valence-electron chi connectivity index (χ2n) is 3.80. The molecule has 1 aromatic carbocycles. The summed E-state index contributed by atoms with van der Waals surface area (Å²) in [5, 5.41) is 0.385. The van der Waals surface area contributed by atoms with E-state index in [4.69, 9.17) is 16.1 Å². The van der Waals surface area contributed by atoms with E-state index in [-0.39, 0.29) is 17.7 Å². The summed E-state index contributed by atoms with van der Waals surface area (Å²) in [5.41, 5.74) is 0. The van der Waals surface area contributed by atoms with Crippen molar-refractivity contribution in [3.8, 4) is 0 Å². The highest BCUT2D eigenvalue weighted by molar-refractivity contribution is 7.86. The minimum atomic E-state index is -4.18. The highest BCUT2D eigenvalue weighted by Crippen LogP contribution is 2.49. The van der Waals surface area contributed by atoms with E-state index >= 15 is 0 Å². The molecule has 6 nitrogen and oxygen atoms in total. The number of benzene rings is 1. The summed E-state index contributed by atoms with van der Waals surface area (Å²) in [6.07, 6.45) is 0.568. The van der Waals surface area contributed by atoms with Gasteiger partial charge in [-0.25, -0.2) is 0 Å². The van der Waals surface area contributed by atoms with Crippen LogP contribution in [0.1, 0.15) is 20.3 Å². The molecule has 1 aromatic rings. The van der Waals surface area contributed by atoms with Crippen LogP contribution in [0.5, 0.6) is 0 Å². The maximum atomic E-state index is 12.1. The molecule has 0 amide bonds. The molecule has 0 N–H and O–H groups in total. The van der Waals surface area contributed by atoms with Crippen molar-refractivity contribution in [3.05, 3.63) is 29.3 Å². The van der Waals surface area contributed by atoms with Crippen LogP contribution in [0.25, 0.3) is 0 Å². The van der Waals surface area contributed by atoms with Gasteiger partial charge in [-0.15, -0.1) is 4.67 Å². The third kappa shape index (κ3) is 5.16. The summed E-state index contributed by atoms with van der Waals surface area (Å²) in [7, 11) is -7.75. The number of halogens is 1. The van der Waals surface area contributed by atoms with Crippen LogP contribution in [0.15, 0.2) is 29.2 Å². The Kier molecular flexibility index (Phi) is 6.64. The lowest BCUT2D eigenvalue weighted by atomic mass is 10.4. The van der Waals surface area contributed by atoms with Gasteiger partial charge in [0.1, 0.15) is 0 Å². The van der Waals surface area contributed by atoms with Crippen LogP contribution in [0.4, 0.5) is 0 Å². The van der Waals surface area contributed by atoms with Crippen molar-refractivity contribution in [1.29, 1.82) is 0 Å². The fourth-order valence-electron chi connectivity index (χ4n) is 1.32. The molecule has 0 aliphatic carbocycles. The van der Waals surface area contributed by atoms with E-state index in [0.29, 0.717) is 11.4 Å². The Morgan fingerprint density at radius 2 is 1.80 bits per heavy atom. The molecule has 0 radical (unpaired) electrons. The lowest BCUT2D eigenvalue weighted by Crippen LogP contribution is -2.08. The highest BCUT2D eigenvalue weighted by Gasteiger charge is 2.28. The SMILES string of the molecule is CCCP(=O)(OCC)OOS(=O)(=O)c1ccc(Cl)cc1. The van der Waals surface area contributed by atoms with Gasteiger partial charge in [-0.2, -0.15) is 8.42 Å². The molecule has 0 bridgehead atoms. The van der Waals surface area contributed by atoms with Crippen LogP contribution in [0.2, 0.25) is 5.02 Å². The third-order valence-electron chi connectivity index (χ3n) is 2.16. The molecule has 0 spiro atoms. The zero-order valence-corrected chi connectivity index (χ0v) is 13.6. The molecule has 9 heteroatoms. The molecule has 1 atom stereocenters. The van der Waals surface area contributed by atoms with E-state index in [1.165, 1.54) is 24.3 Å². The average Bonchev–Trinajstić information content (AvgIpc) is 2.38. The fourth-order valence-corrected chi connectivity index (χ4v) is 3.87. The van der Waals surface area contributed by atoms with Gasteiger partial charge in [0.25, 0.3) is 0 Å². The Morgan fingerprint density at radius 3 is 2.30 bits per heavy atom. The first-order valence-electron chi connectivity index (χ1n) is 5.95. The van der Waals surface area contributed by atoms with Crippen molar-refractivity contribution in [3.63, 3.8) is 0 Å². The van der Waals surface area contributed by atoms with Gasteiger partial charge in [0.05, 0.1) is 17.7 Å². The summed E-state index contributed by atoms with van der Waals surface area (Å²) < 4.78 is 49.6. The maximum Gasteiger partial charge on any atom is 0.359 e. The average molecular weight is 343 g/mol. The Labute approximate surface area is 123 Å². The van der Waals surface area contributed by atoms with E-state index in [0.717, 1.165) is 0 Å². The molecule has 0 aromatic heterocycles. The second-order valence-corrected chi connectivity index (χ2v) is 7.83. The minimum Gasteiger partial charge on any atom is -0.307 e. The molecule has 20 heavy (non-hydrogen) atoms. The van der Waals surface area contributed by atoms with Crippen molar-refractivity contribution >= 4 is 29.3 Å². The fraction of sp³-hybridized carbons (Fsp3) is 0.455. The molecule has 0 heterocycles. The van der Waals surface area contributed by atoms with Gasteiger partial charge < -0.3 is 4.52 Å². The van der Waals surface area contributed by atoms with Crippen LogP contribution >= 0.6 is 19.2 Å². The van der Waals surface area contributed by atoms with Crippen molar-refractivity contribution in [2.45, 2.75) is 25.2 Å². The topological polar surface area (TPSA) is 78.9 Å². The first-order chi connectivity index (χ1) is 9.33. The monoisotopic (exact) mass is 342 g/mol. The predicted octanol–water partition coefficient (Wildman–Crippen LogP) is 3.62. The minimum absolute atomic E-state index is 0.0664. The molecule has 0 fully saturated rings. The summed E-state index contributed by atoms with van der Waals surface area (Å²) in [5.74, 6) is 0. The smallest absolute Gasteiger partial charge is 0.307 e. The quantitative estimate of drug-likeness (QED) is 0.408. The van der Waals surface area contributed by atoms with Gasteiger partial charge in [0.15, 0.2) is 0 Å². The molecule has 1 unspecified atom stereocenters. The highest BCUT2D eigenvalue weighted by atomic mass is 35.5. The molecular weight excluding hydrogens is 327 g/mol. The summed E-state index contributed by atoms with van der Waals surface area (Å²) in [6, 6.07) is 5.30. The van der Waals surface area contributed by atoms with E-state index in [1.807, 2.05) is 0 Å². The van der Waals surface area contributed by atoms with E-state index < -0.39 is 17.7 Å². The van der Waals surface area contributed by atoms with Crippen molar-refractivity contribution in [2.24, 2.45) is 0 Å². The summed E-state index contributed by atoms with van der Waals surface area (Å²) in [6.45, 7) is 3.52. The largest absolute Gasteiger partial charge is 0.359 e. The number of rotatable bonds is 8. The molecule has 114 valence electrons. The lowest BCUT2D eigenvalue weighted by Gasteiger charge is -2.15. The van der Waals surface area contributed by atoms with Gasteiger partial charge in [-0.1, -0.05) is 22.9 Å². The van der Waals surface area contributed by atoms with Crippen LogP contribution in [0, 0.1) is 0 Å². The van der Waals surface area contributed by atoms with Gasteiger partial charge in [0, 0.05) is 5.02 Å². The molecule has 0 saturated heterocycles. The van der Waals surface area contributed by atoms with E-state index in [9.17, 15) is 13.0 Å². The van der Waals surface area contributed by atoms with Crippen molar-refractivity contribution < 1.29 is 26.5 Å². The Morgan fingerprint density at radius 1 is 1.20 bits per heavy atom. The van der Waals surface area contributed by atoms with Crippen LogP contribution in [0.3, 0.4) is 0 Å². The molecule has 0 saturated carbocycles. The van der Waals surface area contributed by atoms with Crippen molar-refractivity contribution in [1.82, 2.24) is 0 Å². The Hall–Kier alpha value is -0.430. The first kappa shape index (κ1) is 17.6. The van der Waals surface area contributed by atoms with Gasteiger partial charge in [0.2, 0.25) is 0 Å². The van der Waals surface area contributed by atoms with Gasteiger partial charge >= 0.3 is 17.7 Å². The standard InChI is InChI=1S/C11H16ClO6PS/c1-3-9-19(13,16-4-2)17-18-20(14,15)11-7-5-10(12)6-8-11/h5-8H,3-4,9H2,1-2H3. The van der Waals surface area contributed by atoms with Crippen LogP contribution < -0.4 is 0 Å². The van der Waals surface area contributed by atoms with Crippen LogP contribution in [-0.2, 0) is 28.2 Å². The maximum absolute atomic E-state index is 12.1. The predicted molar refractivity (Wildman–Crippen MR) is 75.2 cm³/mol. The normalized spacial score (nSPS) is 14.9. The molecule has 0 aliphatic heterocycles. The van der Waals surface area contributed by atoms with Gasteiger partial charge in [-0.3, -0.25) is 4.57 Å². The third-order valence-corrected chi connectivity index (χ3v) is 5.56.